The van der Waals surface area contributed by atoms with Crippen LogP contribution in [0, 0.1) is 0 Å². The van der Waals surface area contributed by atoms with Crippen molar-refractivity contribution in [3.8, 4) is 5.75 Å². The zero-order valence-corrected chi connectivity index (χ0v) is 14.1. The lowest BCUT2D eigenvalue weighted by molar-refractivity contribution is -0.123. The number of nitrogens with zero attached hydrogens (tertiary/aromatic N) is 1. The summed E-state index contributed by atoms with van der Waals surface area (Å²) in [6, 6.07) is 14.5. The molecule has 1 N–H and O–H groups in total. The Morgan fingerprint density at radius 3 is 2.57 bits per heavy atom. The van der Waals surface area contributed by atoms with E-state index in [0.717, 1.165) is 11.3 Å². The van der Waals surface area contributed by atoms with Crippen molar-refractivity contribution in [2.75, 3.05) is 6.61 Å². The van der Waals surface area contributed by atoms with Crippen molar-refractivity contribution < 1.29 is 9.53 Å². The largest absolute Gasteiger partial charge is 0.482 e. The molecule has 0 bridgehead atoms. The minimum absolute atomic E-state index is 0.184. The molecular formula is C17H16Cl2N2O2. The van der Waals surface area contributed by atoms with Crippen LogP contribution >= 0.6 is 23.2 Å². The number of nitrogens with one attached hydrogen (secondary N) is 1. The fourth-order valence-corrected chi connectivity index (χ4v) is 2.34. The Kier molecular flexibility index (Phi) is 6.44. The first kappa shape index (κ1) is 17.3. The van der Waals surface area contributed by atoms with Crippen LogP contribution in [-0.2, 0) is 4.79 Å². The second-order valence-electron chi connectivity index (χ2n) is 4.68. The summed E-state index contributed by atoms with van der Waals surface area (Å²) in [6.45, 7) is 1.79. The van der Waals surface area contributed by atoms with Gasteiger partial charge in [-0.2, -0.15) is 5.10 Å². The average molecular weight is 351 g/mol. The lowest BCUT2D eigenvalue weighted by Crippen LogP contribution is -2.26. The summed E-state index contributed by atoms with van der Waals surface area (Å²) in [5, 5.41) is 5.00. The first-order chi connectivity index (χ1) is 11.1. The number of ether oxygens (including phenoxy) is 1. The molecule has 0 saturated heterocycles. The summed E-state index contributed by atoms with van der Waals surface area (Å²) in [4.78, 5) is 11.8. The number of hydrogen-bond acceptors (Lipinski definition) is 3. The zero-order valence-electron chi connectivity index (χ0n) is 12.6. The van der Waals surface area contributed by atoms with Gasteiger partial charge in [0.25, 0.3) is 5.91 Å². The molecule has 0 fully saturated rings. The minimum atomic E-state index is -0.363. The summed E-state index contributed by atoms with van der Waals surface area (Å²) >= 11 is 11.8. The molecule has 0 saturated carbocycles. The monoisotopic (exact) mass is 350 g/mol. The highest BCUT2D eigenvalue weighted by Gasteiger charge is 2.07. The standard InChI is InChI=1S/C17H16Cl2N2O2/c1-2-15(12-6-4-3-5-7-12)20-21-17(22)11-23-16-9-8-13(18)10-14(16)19/h3-10H,2,11H2,1H3,(H,21,22). The number of hydrogen-bond donors (Lipinski definition) is 1. The number of carbonyl (C=O) groups excluding carboxylic acids is 1. The molecule has 2 aromatic carbocycles. The molecule has 0 aliphatic carbocycles. The normalized spacial score (nSPS) is 11.2. The third kappa shape index (κ3) is 5.27. The van der Waals surface area contributed by atoms with Gasteiger partial charge in [0.05, 0.1) is 10.7 Å². The van der Waals surface area contributed by atoms with Gasteiger partial charge in [0.2, 0.25) is 0 Å². The first-order valence-corrected chi connectivity index (χ1v) is 7.84. The summed E-state index contributed by atoms with van der Waals surface area (Å²) in [5.41, 5.74) is 4.25. The van der Waals surface area contributed by atoms with E-state index in [1.807, 2.05) is 37.3 Å². The van der Waals surface area contributed by atoms with E-state index in [-0.39, 0.29) is 12.5 Å². The van der Waals surface area contributed by atoms with Crippen LogP contribution in [0.5, 0.6) is 5.75 Å². The predicted octanol–water partition coefficient (Wildman–Crippen LogP) is 4.30. The van der Waals surface area contributed by atoms with Crippen LogP contribution in [0.15, 0.2) is 53.6 Å². The molecule has 0 radical (unpaired) electrons. The van der Waals surface area contributed by atoms with E-state index in [1.165, 1.54) is 0 Å². The van der Waals surface area contributed by atoms with E-state index in [9.17, 15) is 4.79 Å². The Morgan fingerprint density at radius 1 is 1.17 bits per heavy atom. The second-order valence-corrected chi connectivity index (χ2v) is 5.52. The highest BCUT2D eigenvalue weighted by atomic mass is 35.5. The molecule has 0 aliphatic rings. The van der Waals surface area contributed by atoms with Gasteiger partial charge in [0.15, 0.2) is 6.61 Å². The third-order valence-electron chi connectivity index (χ3n) is 3.01. The van der Waals surface area contributed by atoms with Crippen LogP contribution in [0.25, 0.3) is 0 Å². The van der Waals surface area contributed by atoms with E-state index in [1.54, 1.807) is 18.2 Å². The lowest BCUT2D eigenvalue weighted by atomic mass is 10.1. The van der Waals surface area contributed by atoms with Crippen molar-refractivity contribution in [2.24, 2.45) is 5.10 Å². The smallest absolute Gasteiger partial charge is 0.277 e. The molecule has 2 aromatic rings. The summed E-state index contributed by atoms with van der Waals surface area (Å²) in [5.74, 6) is 0.0341. The Bertz CT molecular complexity index is 703. The van der Waals surface area contributed by atoms with Gasteiger partial charge in [0.1, 0.15) is 5.75 Å². The first-order valence-electron chi connectivity index (χ1n) is 7.09. The summed E-state index contributed by atoms with van der Waals surface area (Å²) in [6.07, 6.45) is 0.703. The van der Waals surface area contributed by atoms with Gasteiger partial charge in [0, 0.05) is 5.02 Å². The van der Waals surface area contributed by atoms with Crippen molar-refractivity contribution in [3.63, 3.8) is 0 Å². The number of amides is 1. The molecule has 0 aliphatic heterocycles. The molecule has 120 valence electrons. The van der Waals surface area contributed by atoms with Crippen molar-refractivity contribution in [3.05, 3.63) is 64.1 Å². The van der Waals surface area contributed by atoms with Crippen molar-refractivity contribution in [2.45, 2.75) is 13.3 Å². The van der Waals surface area contributed by atoms with Gasteiger partial charge in [-0.3, -0.25) is 4.79 Å². The van der Waals surface area contributed by atoms with Crippen LogP contribution < -0.4 is 10.2 Å². The van der Waals surface area contributed by atoms with Crippen molar-refractivity contribution in [1.29, 1.82) is 0 Å². The van der Waals surface area contributed by atoms with Crippen LogP contribution in [-0.4, -0.2) is 18.2 Å². The third-order valence-corrected chi connectivity index (χ3v) is 3.54. The lowest BCUT2D eigenvalue weighted by Gasteiger charge is -2.08. The van der Waals surface area contributed by atoms with E-state index < -0.39 is 0 Å². The topological polar surface area (TPSA) is 50.7 Å². The number of halogens is 2. The number of hydrazone groups is 1. The Balaban J connectivity index is 1.92. The minimum Gasteiger partial charge on any atom is -0.482 e. The molecule has 0 unspecified atom stereocenters. The van der Waals surface area contributed by atoms with Crippen LogP contribution in [0.4, 0.5) is 0 Å². The summed E-state index contributed by atoms with van der Waals surface area (Å²) in [7, 11) is 0. The Labute approximate surface area is 145 Å². The van der Waals surface area contributed by atoms with Crippen LogP contribution in [0.1, 0.15) is 18.9 Å². The maximum atomic E-state index is 11.8. The average Bonchev–Trinajstić information content (AvgIpc) is 2.55. The molecular weight excluding hydrogens is 335 g/mol. The molecule has 23 heavy (non-hydrogen) atoms. The molecule has 0 spiro atoms. The Morgan fingerprint density at radius 2 is 1.91 bits per heavy atom. The van der Waals surface area contributed by atoms with E-state index >= 15 is 0 Å². The molecule has 2 rings (SSSR count). The molecule has 0 atom stereocenters. The van der Waals surface area contributed by atoms with E-state index in [0.29, 0.717) is 22.2 Å². The predicted molar refractivity (Wildman–Crippen MR) is 93.4 cm³/mol. The maximum Gasteiger partial charge on any atom is 0.277 e. The number of rotatable bonds is 6. The quantitative estimate of drug-likeness (QED) is 0.623. The SMILES string of the molecule is CCC(=NNC(=O)COc1ccc(Cl)cc1Cl)c1ccccc1. The molecule has 1 amide bonds. The van der Waals surface area contributed by atoms with E-state index in [4.69, 9.17) is 27.9 Å². The van der Waals surface area contributed by atoms with Gasteiger partial charge in [-0.15, -0.1) is 0 Å². The highest BCUT2D eigenvalue weighted by Crippen LogP contribution is 2.27. The number of carbonyl (C=O) groups is 1. The molecule has 0 heterocycles. The van der Waals surface area contributed by atoms with Gasteiger partial charge in [-0.05, 0) is 30.2 Å². The Hall–Kier alpha value is -2.04. The van der Waals surface area contributed by atoms with Gasteiger partial charge in [-0.1, -0.05) is 60.5 Å². The zero-order chi connectivity index (χ0) is 16.7. The van der Waals surface area contributed by atoms with Crippen LogP contribution in [0.2, 0.25) is 10.0 Å². The van der Waals surface area contributed by atoms with Crippen LogP contribution in [0.3, 0.4) is 0 Å². The van der Waals surface area contributed by atoms with E-state index in [2.05, 4.69) is 10.5 Å². The van der Waals surface area contributed by atoms with Gasteiger partial charge >= 0.3 is 0 Å². The fraction of sp³-hybridized carbons (Fsp3) is 0.176. The second kappa shape index (κ2) is 8.56. The molecule has 0 aromatic heterocycles. The fourth-order valence-electron chi connectivity index (χ4n) is 1.88. The highest BCUT2D eigenvalue weighted by molar-refractivity contribution is 6.35. The molecule has 4 nitrogen and oxygen atoms in total. The maximum absolute atomic E-state index is 11.8. The van der Waals surface area contributed by atoms with Crippen molar-refractivity contribution >= 4 is 34.8 Å². The van der Waals surface area contributed by atoms with Gasteiger partial charge in [-0.25, -0.2) is 5.43 Å². The summed E-state index contributed by atoms with van der Waals surface area (Å²) < 4.78 is 5.35. The van der Waals surface area contributed by atoms with Gasteiger partial charge < -0.3 is 4.74 Å². The number of benzene rings is 2. The van der Waals surface area contributed by atoms with Crippen molar-refractivity contribution in [1.82, 2.24) is 5.43 Å². The molecule has 6 heteroatoms.